The number of ketones is 1. The molecule has 2 N–H and O–H groups in total. The van der Waals surface area contributed by atoms with E-state index in [9.17, 15) is 19.8 Å². The molecule has 2 aromatic rings. The van der Waals surface area contributed by atoms with E-state index in [0.717, 1.165) is 60.1 Å². The molecule has 0 unspecified atom stereocenters. The van der Waals surface area contributed by atoms with Crippen LogP contribution in [-0.4, -0.2) is 178 Å². The molecule has 16 nitrogen and oxygen atoms in total. The number of nitrogens with zero attached hydrogens (tertiary/aromatic N) is 2. The molecule has 8 heterocycles. The van der Waals surface area contributed by atoms with Crippen LogP contribution in [0.25, 0.3) is 6.08 Å². The summed E-state index contributed by atoms with van der Waals surface area (Å²) in [5.41, 5.74) is 6.17. The Labute approximate surface area is 480 Å². The highest BCUT2D eigenvalue weighted by Crippen LogP contribution is 2.49. The van der Waals surface area contributed by atoms with Crippen LogP contribution in [0.1, 0.15) is 127 Å². The van der Waals surface area contributed by atoms with Gasteiger partial charge in [-0.2, -0.15) is 0 Å². The van der Waals surface area contributed by atoms with E-state index >= 15 is 0 Å². The first-order chi connectivity index (χ1) is 39.2. The maximum Gasteiger partial charge on any atom is 0.229 e. The number of Topliss-reactive ketones (excluding diaryl/α,β-unsaturated/α-hetero) is 1. The van der Waals surface area contributed by atoms with E-state index in [0.29, 0.717) is 90.8 Å². The van der Waals surface area contributed by atoms with Crippen LogP contribution in [0.3, 0.4) is 0 Å². The molecule has 18 atom stereocenters. The van der Waals surface area contributed by atoms with E-state index < -0.39 is 36.3 Å². The predicted molar refractivity (Wildman–Crippen MR) is 306 cm³/mol. The quantitative estimate of drug-likeness (QED) is 0.102. The third kappa shape index (κ3) is 14.5. The Morgan fingerprint density at radius 1 is 0.802 bits per heavy atom. The average molecular weight is 1130 g/mol. The average Bonchev–Trinajstić information content (AvgIpc) is 4.29. The van der Waals surface area contributed by atoms with Crippen molar-refractivity contribution >= 4 is 23.5 Å². The maximum absolute atomic E-state index is 14.5. The minimum Gasteiger partial charge on any atom is -0.392 e. The van der Waals surface area contributed by atoms with Crippen LogP contribution in [0.15, 0.2) is 79.4 Å². The molecule has 0 aromatic heterocycles. The number of aliphatic hydroxyl groups excluding tert-OH is 2. The van der Waals surface area contributed by atoms with Crippen molar-refractivity contribution in [1.29, 1.82) is 0 Å². The van der Waals surface area contributed by atoms with Crippen molar-refractivity contribution in [2.75, 3.05) is 58.6 Å². The molecule has 10 rings (SSSR count). The van der Waals surface area contributed by atoms with Crippen molar-refractivity contribution in [2.45, 2.75) is 220 Å². The van der Waals surface area contributed by atoms with Crippen molar-refractivity contribution in [3.63, 3.8) is 0 Å². The third-order valence-electron chi connectivity index (χ3n) is 18.9. The van der Waals surface area contributed by atoms with Gasteiger partial charge < -0.3 is 67.4 Å². The van der Waals surface area contributed by atoms with Gasteiger partial charge in [0.25, 0.3) is 0 Å². The number of hydrogen-bond acceptors (Lipinski definition) is 15. The Bertz CT molecular complexity index is 2470. The number of amides is 1. The molecule has 8 aliphatic rings. The number of rotatable bonds is 19. The first kappa shape index (κ1) is 60.4. The van der Waals surface area contributed by atoms with Gasteiger partial charge in [-0.1, -0.05) is 82.1 Å². The fourth-order valence-electron chi connectivity index (χ4n) is 14.5. The van der Waals surface area contributed by atoms with Crippen LogP contribution >= 0.6 is 0 Å². The summed E-state index contributed by atoms with van der Waals surface area (Å²) in [5, 5.41) is 23.0. The van der Waals surface area contributed by atoms with Gasteiger partial charge in [-0.25, -0.2) is 0 Å². The topological polar surface area (TPSA) is 173 Å². The number of anilines is 1. The number of ether oxygens (including phenoxy) is 10. The summed E-state index contributed by atoms with van der Waals surface area (Å²) in [5.74, 6) is -1.00. The van der Waals surface area contributed by atoms with Gasteiger partial charge in [-0.15, -0.1) is 0 Å². The molecule has 8 fully saturated rings. The Balaban J connectivity index is 0.733. The largest absolute Gasteiger partial charge is 0.392 e. The van der Waals surface area contributed by atoms with Crippen LogP contribution < -0.4 is 4.90 Å². The van der Waals surface area contributed by atoms with E-state index in [1.165, 1.54) is 5.56 Å². The van der Waals surface area contributed by atoms with Gasteiger partial charge in [0.1, 0.15) is 18.0 Å². The molecule has 1 spiro atoms. The first-order valence-electron chi connectivity index (χ1n) is 30.5. The summed E-state index contributed by atoms with van der Waals surface area (Å²) < 4.78 is 65.8. The van der Waals surface area contributed by atoms with E-state index in [1.54, 1.807) is 13.2 Å². The monoisotopic (exact) mass is 1120 g/mol. The number of benzene rings is 2. The lowest BCUT2D eigenvalue weighted by molar-refractivity contribution is -0.277. The van der Waals surface area contributed by atoms with Gasteiger partial charge in [0.05, 0.1) is 124 Å². The molecule has 81 heavy (non-hydrogen) atoms. The standard InChI is InChI=1S/C65H92N2O14/c1-8-43-14-10-11-16-45(43)38-67(52-17-13-12-15-44(52)9-2)61(71)23-26-73-28-29-74-27-25-66(6)39-47(69)34-58-62(72-7)51-33-46(68)32-49-19-21-55-64(77-49)60-36-59(78-55)63-53(70)37-65(80-60,81-63)24-22-50-31-41(4)54(75-50)20-18-48-30-40(3)42(5)56(76-48)35-57(51)79-58/h9-17,40,47-51,53-60,62-64,69-70H,2,4-5,8,18-39H2,1,3,6-7H3/t40-,47+,48+,49-,50+,51+,53-,54+,55+,56-,57+,58-,59-,60-,62-,63+,64+,65-/m1/s1. The Hall–Kier alpha value is -3.72. The predicted octanol–water partition coefficient (Wildman–Crippen LogP) is 8.26. The minimum absolute atomic E-state index is 0.0166. The summed E-state index contributed by atoms with van der Waals surface area (Å²) in [7, 11) is 3.63. The molecular weight excluding hydrogens is 1030 g/mol. The molecule has 446 valence electrons. The molecule has 10 bridgehead atoms. The summed E-state index contributed by atoms with van der Waals surface area (Å²) in [6, 6.07) is 16.1. The second-order valence-electron chi connectivity index (χ2n) is 24.6. The smallest absolute Gasteiger partial charge is 0.229 e. The number of carbonyl (C=O) groups excluding carboxylic acids is 2. The van der Waals surface area contributed by atoms with Crippen LogP contribution in [-0.2, 0) is 69.9 Å². The number of para-hydroxylation sites is 1. The molecule has 0 aliphatic carbocycles. The van der Waals surface area contributed by atoms with Crippen molar-refractivity contribution in [3.8, 4) is 0 Å². The Morgan fingerprint density at radius 2 is 1.56 bits per heavy atom. The normalized spacial score (nSPS) is 36.5. The van der Waals surface area contributed by atoms with Crippen LogP contribution in [0, 0.1) is 11.8 Å². The summed E-state index contributed by atoms with van der Waals surface area (Å²) >= 11 is 0. The fourth-order valence-corrected chi connectivity index (χ4v) is 14.5. The molecule has 1 amide bonds. The number of methoxy groups -OCH3 is 1. The molecule has 0 radical (unpaired) electrons. The van der Waals surface area contributed by atoms with Crippen LogP contribution in [0.5, 0.6) is 0 Å². The number of fused-ring (bicyclic) bond motifs is 9. The van der Waals surface area contributed by atoms with Gasteiger partial charge in [-0.3, -0.25) is 9.59 Å². The molecular formula is C65H92N2O14. The van der Waals surface area contributed by atoms with Crippen LogP contribution in [0.4, 0.5) is 5.69 Å². The molecule has 16 heteroatoms. The second kappa shape index (κ2) is 27.5. The highest BCUT2D eigenvalue weighted by molar-refractivity contribution is 5.95. The van der Waals surface area contributed by atoms with Crippen molar-refractivity contribution in [3.05, 3.63) is 96.1 Å². The lowest BCUT2D eigenvalue weighted by Crippen LogP contribution is -2.58. The van der Waals surface area contributed by atoms with E-state index in [4.69, 9.17) is 47.4 Å². The SMILES string of the molecule is C=Cc1ccccc1N(Cc1ccccc1CC)C(=O)CCOCCOCCN(C)C[C@@H](O)C[C@H]1O[C@H]2C[C@H]3O[C@@H](CC[C@@H]4O[C@@H](CC[C@]56C[C@@H](O)[C@H](O5)[C@H]5C[C@@H](O6)[C@H]6O[C@H](CC[C@@H]6O5)CC(=O)C[C@@H]2[C@H]1OC)CC4=C)C[C@@H](C)C3=C. The molecule has 0 saturated carbocycles. The highest BCUT2D eigenvalue weighted by atomic mass is 16.7. The highest BCUT2D eigenvalue weighted by Gasteiger charge is 2.60. The summed E-state index contributed by atoms with van der Waals surface area (Å²) in [6.07, 6.45) is 5.84. The zero-order valence-electron chi connectivity index (χ0n) is 48.6. The third-order valence-corrected chi connectivity index (χ3v) is 18.9. The number of aryl methyl sites for hydroxylation is 1. The van der Waals surface area contributed by atoms with E-state index in [-0.39, 0.29) is 110 Å². The minimum atomic E-state index is -0.980. The zero-order valence-corrected chi connectivity index (χ0v) is 48.6. The van der Waals surface area contributed by atoms with E-state index in [1.807, 2.05) is 53.2 Å². The van der Waals surface area contributed by atoms with Crippen molar-refractivity contribution in [1.82, 2.24) is 4.90 Å². The van der Waals surface area contributed by atoms with Gasteiger partial charge in [0, 0.05) is 71.1 Å². The molecule has 2 aromatic carbocycles. The number of likely N-dealkylation sites (N-methyl/N-ethyl adjacent to an activating group) is 1. The van der Waals surface area contributed by atoms with Gasteiger partial charge in [0.2, 0.25) is 5.91 Å². The number of hydrogen-bond donors (Lipinski definition) is 2. The molecule has 8 aliphatic heterocycles. The Morgan fingerprint density at radius 3 is 2.36 bits per heavy atom. The summed E-state index contributed by atoms with van der Waals surface area (Å²) in [6.45, 7) is 20.2. The zero-order chi connectivity index (χ0) is 56.8. The van der Waals surface area contributed by atoms with Gasteiger partial charge >= 0.3 is 0 Å². The maximum atomic E-state index is 14.5. The van der Waals surface area contributed by atoms with Crippen LogP contribution in [0.2, 0.25) is 0 Å². The van der Waals surface area contributed by atoms with E-state index in [2.05, 4.69) is 45.7 Å². The molecule has 8 saturated heterocycles. The Kier molecular flexibility index (Phi) is 20.5. The van der Waals surface area contributed by atoms with Gasteiger partial charge in [0.15, 0.2) is 5.79 Å². The second-order valence-corrected chi connectivity index (χ2v) is 24.6. The first-order valence-corrected chi connectivity index (χ1v) is 30.5. The summed E-state index contributed by atoms with van der Waals surface area (Å²) in [4.78, 5) is 32.1. The number of carbonyl (C=O) groups is 2. The van der Waals surface area contributed by atoms with Crippen molar-refractivity contribution < 1.29 is 67.2 Å². The number of aliphatic hydroxyl groups is 2. The van der Waals surface area contributed by atoms with Gasteiger partial charge in [-0.05, 0) is 98.2 Å². The lowest BCUT2D eigenvalue weighted by Gasteiger charge is -2.47. The van der Waals surface area contributed by atoms with Crippen molar-refractivity contribution in [2.24, 2.45) is 11.8 Å². The lowest BCUT2D eigenvalue weighted by atomic mass is 9.81. The fraction of sp³-hybridized carbons (Fsp3) is 0.692.